The summed E-state index contributed by atoms with van der Waals surface area (Å²) in [5.74, 6) is -0.570. The van der Waals surface area contributed by atoms with Gasteiger partial charge < -0.3 is 15.4 Å². The fraction of sp³-hybridized carbons (Fsp3) is 0.208. The van der Waals surface area contributed by atoms with E-state index < -0.39 is 17.6 Å². The summed E-state index contributed by atoms with van der Waals surface area (Å²) >= 11 is 0. The molecule has 160 valence electrons. The first-order valence-corrected chi connectivity index (χ1v) is 10.0. The van der Waals surface area contributed by atoms with Crippen molar-refractivity contribution in [3.8, 4) is 5.75 Å². The van der Waals surface area contributed by atoms with Crippen molar-refractivity contribution in [2.24, 2.45) is 0 Å². The second kappa shape index (κ2) is 10.3. The van der Waals surface area contributed by atoms with Gasteiger partial charge in [0.1, 0.15) is 17.3 Å². The maximum atomic E-state index is 13.8. The number of ether oxygens (including phenoxy) is 1. The van der Waals surface area contributed by atoms with Crippen LogP contribution in [-0.2, 0) is 4.79 Å². The number of hydrogen-bond acceptors (Lipinski definition) is 4. The van der Waals surface area contributed by atoms with Crippen LogP contribution in [0.2, 0.25) is 0 Å². The molecule has 0 radical (unpaired) electrons. The summed E-state index contributed by atoms with van der Waals surface area (Å²) in [6, 6.07) is 16.2. The molecule has 1 heterocycles. The molecule has 2 amide bonds. The van der Waals surface area contributed by atoms with Gasteiger partial charge in [-0.05, 0) is 54.3 Å². The Bertz CT molecular complexity index is 1060. The Balaban J connectivity index is 1.69. The minimum absolute atomic E-state index is 0.132. The number of rotatable bonds is 8. The lowest BCUT2D eigenvalue weighted by atomic mass is 9.98. The van der Waals surface area contributed by atoms with Gasteiger partial charge in [-0.25, -0.2) is 4.39 Å². The number of anilines is 2. The summed E-state index contributed by atoms with van der Waals surface area (Å²) in [6.07, 6.45) is 2.44. The van der Waals surface area contributed by atoms with Crippen molar-refractivity contribution >= 4 is 23.2 Å². The number of nitrogens with one attached hydrogen (secondary N) is 2. The van der Waals surface area contributed by atoms with Gasteiger partial charge in [0.2, 0.25) is 0 Å². The minimum atomic E-state index is -0.547. The average Bonchev–Trinajstić information content (AvgIpc) is 2.79. The van der Waals surface area contributed by atoms with E-state index >= 15 is 0 Å². The molecule has 2 N–H and O–H groups in total. The molecule has 0 bridgehead atoms. The zero-order valence-electron chi connectivity index (χ0n) is 17.4. The van der Waals surface area contributed by atoms with Gasteiger partial charge in [-0.1, -0.05) is 38.1 Å². The highest BCUT2D eigenvalue weighted by Gasteiger charge is 2.15. The zero-order chi connectivity index (χ0) is 22.2. The molecule has 6 nitrogen and oxygen atoms in total. The monoisotopic (exact) mass is 421 g/mol. The predicted molar refractivity (Wildman–Crippen MR) is 118 cm³/mol. The van der Waals surface area contributed by atoms with Gasteiger partial charge in [0.15, 0.2) is 6.61 Å². The summed E-state index contributed by atoms with van der Waals surface area (Å²) in [7, 11) is 0. The Morgan fingerprint density at radius 3 is 2.55 bits per heavy atom. The van der Waals surface area contributed by atoms with Gasteiger partial charge in [0.05, 0.1) is 11.4 Å². The number of hydrogen-bond donors (Lipinski definition) is 2. The van der Waals surface area contributed by atoms with Crippen molar-refractivity contribution < 1.29 is 18.7 Å². The standard InChI is InChI=1S/C24H24FN3O3/c1-3-16(2)18-8-4-5-10-22(18)31-15-23(29)27-21-14-17(25)11-12-19(21)28-24(30)20-9-6-7-13-26-20/h4-14,16H,3,15H2,1-2H3,(H,27,29)(H,28,30). The van der Waals surface area contributed by atoms with Crippen molar-refractivity contribution in [2.45, 2.75) is 26.2 Å². The molecule has 0 spiro atoms. The third-order valence-electron chi connectivity index (χ3n) is 4.82. The molecule has 0 aliphatic heterocycles. The zero-order valence-corrected chi connectivity index (χ0v) is 17.4. The highest BCUT2D eigenvalue weighted by atomic mass is 19.1. The highest BCUT2D eigenvalue weighted by molar-refractivity contribution is 6.06. The lowest BCUT2D eigenvalue weighted by molar-refractivity contribution is -0.118. The molecule has 1 unspecified atom stereocenters. The molecule has 31 heavy (non-hydrogen) atoms. The number of carbonyl (C=O) groups excluding carboxylic acids is 2. The molecule has 7 heteroatoms. The Labute approximate surface area is 180 Å². The first-order valence-electron chi connectivity index (χ1n) is 10.0. The molecule has 0 saturated heterocycles. The van der Waals surface area contributed by atoms with Gasteiger partial charge in [-0.2, -0.15) is 0 Å². The molecule has 1 aromatic heterocycles. The number of benzene rings is 2. The van der Waals surface area contributed by atoms with Crippen LogP contribution in [0.1, 0.15) is 42.2 Å². The van der Waals surface area contributed by atoms with Crippen molar-refractivity contribution in [3.63, 3.8) is 0 Å². The highest BCUT2D eigenvalue weighted by Crippen LogP contribution is 2.28. The van der Waals surface area contributed by atoms with Crippen LogP contribution in [0, 0.1) is 5.82 Å². The Kier molecular flexibility index (Phi) is 7.32. The summed E-state index contributed by atoms with van der Waals surface area (Å²) < 4.78 is 19.5. The Morgan fingerprint density at radius 2 is 1.81 bits per heavy atom. The molecular formula is C24H24FN3O3. The topological polar surface area (TPSA) is 80.3 Å². The fourth-order valence-corrected chi connectivity index (χ4v) is 2.98. The van der Waals surface area contributed by atoms with Gasteiger partial charge in [-0.3, -0.25) is 14.6 Å². The van der Waals surface area contributed by atoms with Crippen LogP contribution in [0.3, 0.4) is 0 Å². The molecule has 3 aromatic rings. The maximum Gasteiger partial charge on any atom is 0.274 e. The van der Waals surface area contributed by atoms with Crippen LogP contribution >= 0.6 is 0 Å². The smallest absolute Gasteiger partial charge is 0.274 e. The van der Waals surface area contributed by atoms with Crippen LogP contribution in [0.15, 0.2) is 66.9 Å². The van der Waals surface area contributed by atoms with E-state index in [1.807, 2.05) is 24.3 Å². The average molecular weight is 421 g/mol. The number of para-hydroxylation sites is 1. The third kappa shape index (κ3) is 5.88. The molecule has 0 saturated carbocycles. The third-order valence-corrected chi connectivity index (χ3v) is 4.82. The van der Waals surface area contributed by atoms with Gasteiger partial charge in [0.25, 0.3) is 11.8 Å². The number of aromatic nitrogens is 1. The van der Waals surface area contributed by atoms with E-state index in [9.17, 15) is 14.0 Å². The van der Waals surface area contributed by atoms with Gasteiger partial charge in [-0.15, -0.1) is 0 Å². The van der Waals surface area contributed by atoms with Crippen molar-refractivity contribution in [2.75, 3.05) is 17.2 Å². The quantitative estimate of drug-likeness (QED) is 0.536. The van der Waals surface area contributed by atoms with E-state index in [2.05, 4.69) is 29.5 Å². The first-order chi connectivity index (χ1) is 15.0. The second-order valence-electron chi connectivity index (χ2n) is 7.04. The SMILES string of the molecule is CCC(C)c1ccccc1OCC(=O)Nc1cc(F)ccc1NC(=O)c1ccccn1. The molecule has 0 fully saturated rings. The predicted octanol–water partition coefficient (Wildman–Crippen LogP) is 5.00. The number of halogens is 1. The first kappa shape index (κ1) is 22.0. The molecule has 1 atom stereocenters. The molecular weight excluding hydrogens is 397 g/mol. The number of amides is 2. The summed E-state index contributed by atoms with van der Waals surface area (Å²) in [6.45, 7) is 3.92. The Morgan fingerprint density at radius 1 is 1.03 bits per heavy atom. The Hall–Kier alpha value is -3.74. The molecule has 0 aliphatic rings. The fourth-order valence-electron chi connectivity index (χ4n) is 2.98. The molecule has 0 aliphatic carbocycles. The summed E-state index contributed by atoms with van der Waals surface area (Å²) in [4.78, 5) is 28.8. The van der Waals surface area contributed by atoms with E-state index in [0.717, 1.165) is 18.1 Å². The van der Waals surface area contributed by atoms with E-state index in [1.54, 1.807) is 18.2 Å². The lowest BCUT2D eigenvalue weighted by Crippen LogP contribution is -2.22. The number of carbonyl (C=O) groups is 2. The summed E-state index contributed by atoms with van der Waals surface area (Å²) in [5, 5.41) is 5.24. The van der Waals surface area contributed by atoms with Crippen LogP contribution in [0.4, 0.5) is 15.8 Å². The minimum Gasteiger partial charge on any atom is -0.483 e. The maximum absolute atomic E-state index is 13.8. The van der Waals surface area contributed by atoms with E-state index in [0.29, 0.717) is 5.75 Å². The van der Waals surface area contributed by atoms with Crippen molar-refractivity contribution in [1.82, 2.24) is 4.98 Å². The second-order valence-corrected chi connectivity index (χ2v) is 7.04. The molecule has 2 aromatic carbocycles. The number of pyridine rings is 1. The van der Waals surface area contributed by atoms with Crippen LogP contribution < -0.4 is 15.4 Å². The van der Waals surface area contributed by atoms with E-state index in [-0.39, 0.29) is 29.6 Å². The van der Waals surface area contributed by atoms with Gasteiger partial charge in [0, 0.05) is 6.20 Å². The number of nitrogens with zero attached hydrogens (tertiary/aromatic N) is 1. The van der Waals surface area contributed by atoms with Crippen molar-refractivity contribution in [3.05, 3.63) is 83.9 Å². The van der Waals surface area contributed by atoms with Crippen LogP contribution in [0.25, 0.3) is 0 Å². The van der Waals surface area contributed by atoms with Gasteiger partial charge >= 0.3 is 0 Å². The summed E-state index contributed by atoms with van der Waals surface area (Å²) in [5.41, 5.74) is 1.61. The van der Waals surface area contributed by atoms with E-state index in [1.165, 1.54) is 18.3 Å². The van der Waals surface area contributed by atoms with E-state index in [4.69, 9.17) is 4.74 Å². The van der Waals surface area contributed by atoms with Crippen molar-refractivity contribution in [1.29, 1.82) is 0 Å². The molecule has 3 rings (SSSR count). The van der Waals surface area contributed by atoms with Crippen LogP contribution in [0.5, 0.6) is 5.75 Å². The normalized spacial score (nSPS) is 11.5. The lowest BCUT2D eigenvalue weighted by Gasteiger charge is -2.16. The largest absolute Gasteiger partial charge is 0.483 e. The van der Waals surface area contributed by atoms with Crippen LogP contribution in [-0.4, -0.2) is 23.4 Å².